The standard InChI is InChI=1S/C13H18FNO/c1-10-7-15(8-11(2)16-10)9-12-5-3-4-6-13(12)14/h3-6,10-11H,7-9H2,1-2H3/p+1/t10-,11-/m1/s1. The van der Waals surface area contributed by atoms with Gasteiger partial charge in [-0.05, 0) is 19.9 Å². The number of hydrogen-bond donors (Lipinski definition) is 1. The highest BCUT2D eigenvalue weighted by molar-refractivity contribution is 5.15. The van der Waals surface area contributed by atoms with Gasteiger partial charge in [-0.1, -0.05) is 18.2 Å². The zero-order valence-corrected chi connectivity index (χ0v) is 9.87. The Hall–Kier alpha value is -0.930. The van der Waals surface area contributed by atoms with Crippen molar-refractivity contribution in [1.29, 1.82) is 0 Å². The molecule has 0 radical (unpaired) electrons. The third kappa shape index (κ3) is 2.80. The molecule has 1 aliphatic rings. The molecule has 2 rings (SSSR count). The Labute approximate surface area is 96.0 Å². The summed E-state index contributed by atoms with van der Waals surface area (Å²) in [4.78, 5) is 1.40. The highest BCUT2D eigenvalue weighted by atomic mass is 19.1. The van der Waals surface area contributed by atoms with Crippen LogP contribution in [0, 0.1) is 5.82 Å². The number of hydrogen-bond acceptors (Lipinski definition) is 1. The molecule has 0 aromatic heterocycles. The summed E-state index contributed by atoms with van der Waals surface area (Å²) < 4.78 is 19.2. The average Bonchev–Trinajstić information content (AvgIpc) is 2.20. The Morgan fingerprint density at radius 1 is 1.25 bits per heavy atom. The van der Waals surface area contributed by atoms with Gasteiger partial charge in [0.2, 0.25) is 0 Å². The van der Waals surface area contributed by atoms with Gasteiger partial charge < -0.3 is 9.64 Å². The number of benzene rings is 1. The smallest absolute Gasteiger partial charge is 0.132 e. The first-order valence-electron chi connectivity index (χ1n) is 5.87. The van der Waals surface area contributed by atoms with E-state index >= 15 is 0 Å². The van der Waals surface area contributed by atoms with Gasteiger partial charge in [-0.15, -0.1) is 0 Å². The van der Waals surface area contributed by atoms with Crippen molar-refractivity contribution >= 4 is 0 Å². The molecule has 2 nitrogen and oxygen atoms in total. The summed E-state index contributed by atoms with van der Waals surface area (Å²) in [6.45, 7) is 6.83. The molecule has 88 valence electrons. The number of nitrogens with one attached hydrogen (secondary N) is 1. The maximum atomic E-state index is 13.5. The lowest BCUT2D eigenvalue weighted by molar-refractivity contribution is -0.928. The molecule has 1 heterocycles. The van der Waals surface area contributed by atoms with Crippen LogP contribution in [0.1, 0.15) is 19.4 Å². The molecule has 1 N–H and O–H groups in total. The van der Waals surface area contributed by atoms with Crippen molar-refractivity contribution in [3.05, 3.63) is 35.6 Å². The molecule has 1 saturated heterocycles. The summed E-state index contributed by atoms with van der Waals surface area (Å²) in [5.41, 5.74) is 0.804. The largest absolute Gasteiger partial charge is 0.364 e. The van der Waals surface area contributed by atoms with Crippen molar-refractivity contribution in [3.8, 4) is 0 Å². The summed E-state index contributed by atoms with van der Waals surface area (Å²) >= 11 is 0. The van der Waals surface area contributed by atoms with E-state index in [9.17, 15) is 4.39 Å². The molecule has 0 aliphatic carbocycles. The summed E-state index contributed by atoms with van der Waals surface area (Å²) in [5.74, 6) is -0.0956. The van der Waals surface area contributed by atoms with E-state index in [-0.39, 0.29) is 18.0 Å². The summed E-state index contributed by atoms with van der Waals surface area (Å²) in [7, 11) is 0. The van der Waals surface area contributed by atoms with Gasteiger partial charge in [-0.3, -0.25) is 0 Å². The minimum atomic E-state index is -0.0956. The number of quaternary nitrogens is 1. The second-order valence-electron chi connectivity index (χ2n) is 4.68. The Balaban J connectivity index is 2.02. The number of ether oxygens (including phenoxy) is 1. The van der Waals surface area contributed by atoms with E-state index in [4.69, 9.17) is 4.74 Å². The van der Waals surface area contributed by atoms with E-state index in [0.717, 1.165) is 25.2 Å². The first kappa shape index (κ1) is 11.6. The Bertz CT molecular complexity index is 346. The van der Waals surface area contributed by atoms with Crippen LogP contribution in [0.5, 0.6) is 0 Å². The minimum absolute atomic E-state index is 0.0956. The van der Waals surface area contributed by atoms with Crippen LogP contribution in [0.15, 0.2) is 24.3 Å². The molecule has 0 unspecified atom stereocenters. The normalized spacial score (nSPS) is 30.3. The van der Waals surface area contributed by atoms with Crippen molar-refractivity contribution in [2.45, 2.75) is 32.6 Å². The summed E-state index contributed by atoms with van der Waals surface area (Å²) in [5, 5.41) is 0. The molecule has 1 aliphatic heterocycles. The summed E-state index contributed by atoms with van der Waals surface area (Å²) in [6.07, 6.45) is 0.538. The number of morpholine rings is 1. The average molecular weight is 224 g/mol. The predicted octanol–water partition coefficient (Wildman–Crippen LogP) is 1.02. The lowest BCUT2D eigenvalue weighted by atomic mass is 10.1. The Morgan fingerprint density at radius 2 is 1.88 bits per heavy atom. The third-order valence-corrected chi connectivity index (χ3v) is 3.02. The van der Waals surface area contributed by atoms with E-state index in [1.807, 2.05) is 12.1 Å². The van der Waals surface area contributed by atoms with Crippen LogP contribution in [0.2, 0.25) is 0 Å². The fraction of sp³-hybridized carbons (Fsp3) is 0.538. The zero-order valence-electron chi connectivity index (χ0n) is 9.87. The molecule has 1 aromatic rings. The van der Waals surface area contributed by atoms with Crippen molar-refractivity contribution in [2.75, 3.05) is 13.1 Å². The molecule has 0 spiro atoms. The molecule has 1 aromatic carbocycles. The molecule has 0 saturated carbocycles. The molecule has 2 atom stereocenters. The van der Waals surface area contributed by atoms with Gasteiger partial charge in [-0.25, -0.2) is 4.39 Å². The monoisotopic (exact) mass is 224 g/mol. The van der Waals surface area contributed by atoms with Gasteiger partial charge in [0, 0.05) is 5.56 Å². The van der Waals surface area contributed by atoms with Gasteiger partial charge >= 0.3 is 0 Å². The van der Waals surface area contributed by atoms with Crippen molar-refractivity contribution < 1.29 is 14.0 Å². The van der Waals surface area contributed by atoms with Crippen LogP contribution in [0.4, 0.5) is 4.39 Å². The summed E-state index contributed by atoms with van der Waals surface area (Å²) in [6, 6.07) is 7.03. The highest BCUT2D eigenvalue weighted by Crippen LogP contribution is 2.05. The molecule has 0 amide bonds. The van der Waals surface area contributed by atoms with Crippen LogP contribution >= 0.6 is 0 Å². The van der Waals surface area contributed by atoms with Gasteiger partial charge in [0.15, 0.2) is 0 Å². The van der Waals surface area contributed by atoms with Crippen molar-refractivity contribution in [1.82, 2.24) is 0 Å². The maximum absolute atomic E-state index is 13.5. The van der Waals surface area contributed by atoms with Gasteiger partial charge in [0.25, 0.3) is 0 Å². The van der Waals surface area contributed by atoms with Crippen LogP contribution in [-0.4, -0.2) is 25.3 Å². The quantitative estimate of drug-likeness (QED) is 0.792. The second-order valence-corrected chi connectivity index (χ2v) is 4.68. The lowest BCUT2D eigenvalue weighted by Crippen LogP contribution is -3.14. The lowest BCUT2D eigenvalue weighted by Gasteiger charge is -2.32. The van der Waals surface area contributed by atoms with Crippen LogP contribution in [0.3, 0.4) is 0 Å². The highest BCUT2D eigenvalue weighted by Gasteiger charge is 2.25. The van der Waals surface area contributed by atoms with Crippen LogP contribution < -0.4 is 4.90 Å². The zero-order chi connectivity index (χ0) is 11.5. The maximum Gasteiger partial charge on any atom is 0.132 e. The second kappa shape index (κ2) is 4.93. The minimum Gasteiger partial charge on any atom is -0.364 e. The Morgan fingerprint density at radius 3 is 2.50 bits per heavy atom. The fourth-order valence-corrected chi connectivity index (χ4v) is 2.44. The molecule has 1 fully saturated rings. The Kier molecular flexibility index (Phi) is 3.56. The fourth-order valence-electron chi connectivity index (χ4n) is 2.44. The molecule has 3 heteroatoms. The van der Waals surface area contributed by atoms with Gasteiger partial charge in [0.05, 0.1) is 0 Å². The molecular formula is C13H19FNO+. The predicted molar refractivity (Wildman–Crippen MR) is 60.8 cm³/mol. The topological polar surface area (TPSA) is 13.7 Å². The van der Waals surface area contributed by atoms with Crippen LogP contribution in [0.25, 0.3) is 0 Å². The van der Waals surface area contributed by atoms with E-state index in [1.165, 1.54) is 11.0 Å². The van der Waals surface area contributed by atoms with Gasteiger partial charge in [-0.2, -0.15) is 0 Å². The molecular weight excluding hydrogens is 205 g/mol. The number of rotatable bonds is 2. The molecule has 0 bridgehead atoms. The first-order chi connectivity index (χ1) is 7.65. The van der Waals surface area contributed by atoms with E-state index < -0.39 is 0 Å². The van der Waals surface area contributed by atoms with Gasteiger partial charge in [0.1, 0.15) is 37.7 Å². The SMILES string of the molecule is C[C@@H]1C[NH+](Cc2ccccc2F)C[C@@H](C)O1. The first-order valence-corrected chi connectivity index (χ1v) is 5.87. The molecule has 16 heavy (non-hydrogen) atoms. The van der Waals surface area contributed by atoms with E-state index in [2.05, 4.69) is 13.8 Å². The van der Waals surface area contributed by atoms with E-state index in [1.54, 1.807) is 6.07 Å². The van der Waals surface area contributed by atoms with E-state index in [0.29, 0.717) is 0 Å². The van der Waals surface area contributed by atoms with Crippen molar-refractivity contribution in [3.63, 3.8) is 0 Å². The number of halogens is 1. The van der Waals surface area contributed by atoms with Crippen molar-refractivity contribution in [2.24, 2.45) is 0 Å². The van der Waals surface area contributed by atoms with Crippen LogP contribution in [-0.2, 0) is 11.3 Å². The third-order valence-electron chi connectivity index (χ3n) is 3.02.